The number of hydrogen-bond acceptors (Lipinski definition) is 3. The first-order valence-electron chi connectivity index (χ1n) is 12.7. The van der Waals surface area contributed by atoms with E-state index in [2.05, 4.69) is 112 Å². The molecule has 0 saturated carbocycles. The molecule has 5 aromatic rings. The molecule has 1 aromatic heterocycles. The van der Waals surface area contributed by atoms with Gasteiger partial charge in [0.1, 0.15) is 5.58 Å². The molecule has 1 heterocycles. The van der Waals surface area contributed by atoms with Crippen LogP contribution >= 0.6 is 18.2 Å². The topological polar surface area (TPSA) is 29.5 Å². The highest BCUT2D eigenvalue weighted by Crippen LogP contribution is 2.57. The lowest BCUT2D eigenvalue weighted by molar-refractivity contribution is 0.601. The quantitative estimate of drug-likeness (QED) is 0.230. The number of nitrogens with zero attached hydrogens (tertiary/aromatic N) is 1. The maximum absolute atomic E-state index is 7.08. The molecule has 0 aliphatic rings. The summed E-state index contributed by atoms with van der Waals surface area (Å²) >= 11 is 0. The van der Waals surface area contributed by atoms with E-state index in [4.69, 9.17) is 8.39 Å². The SMILES string of the molecule is CCN(C(C)C)p1oc2ccc3ccccc3c2c2c(o1)c(S(C)(CC)CC)cc1ccccc12. The van der Waals surface area contributed by atoms with E-state index in [9.17, 15) is 0 Å². The summed E-state index contributed by atoms with van der Waals surface area (Å²) in [6.45, 7) is 12.2. The minimum absolute atomic E-state index is 0.316. The van der Waals surface area contributed by atoms with Crippen LogP contribution in [-0.2, 0) is 0 Å². The zero-order valence-corrected chi connectivity index (χ0v) is 23.4. The van der Waals surface area contributed by atoms with Gasteiger partial charge in [0, 0.05) is 28.3 Å². The van der Waals surface area contributed by atoms with Gasteiger partial charge in [-0.3, -0.25) is 0 Å². The fourth-order valence-electron chi connectivity index (χ4n) is 5.06. The van der Waals surface area contributed by atoms with Crippen molar-refractivity contribution >= 4 is 61.7 Å². The van der Waals surface area contributed by atoms with Gasteiger partial charge in [-0.15, -0.1) is 0 Å². The summed E-state index contributed by atoms with van der Waals surface area (Å²) in [6, 6.07) is 24.5. The predicted molar refractivity (Wildman–Crippen MR) is 158 cm³/mol. The zero-order valence-electron chi connectivity index (χ0n) is 21.7. The molecule has 4 aromatic carbocycles. The van der Waals surface area contributed by atoms with Crippen LogP contribution in [0.25, 0.3) is 43.5 Å². The third kappa shape index (κ3) is 4.06. The second kappa shape index (κ2) is 9.58. The lowest BCUT2D eigenvalue weighted by Gasteiger charge is -2.34. The van der Waals surface area contributed by atoms with Crippen LogP contribution in [0, 0.1) is 0 Å². The summed E-state index contributed by atoms with van der Waals surface area (Å²) in [5.41, 5.74) is 1.95. The van der Waals surface area contributed by atoms with Gasteiger partial charge in [-0.1, -0.05) is 75.4 Å². The molecule has 3 nitrogen and oxygen atoms in total. The molecule has 0 fully saturated rings. The number of fused-ring (bicyclic) bond motifs is 7. The lowest BCUT2D eigenvalue weighted by Crippen LogP contribution is -2.27. The van der Waals surface area contributed by atoms with E-state index in [-0.39, 0.29) is 0 Å². The van der Waals surface area contributed by atoms with E-state index in [1.807, 2.05) is 0 Å². The van der Waals surface area contributed by atoms with Crippen LogP contribution < -0.4 is 4.67 Å². The van der Waals surface area contributed by atoms with Crippen molar-refractivity contribution in [1.29, 1.82) is 0 Å². The van der Waals surface area contributed by atoms with E-state index in [0.29, 0.717) is 6.04 Å². The molecular weight excluding hydrogens is 469 g/mol. The molecule has 0 amide bonds. The fourth-order valence-corrected chi connectivity index (χ4v) is 8.68. The maximum atomic E-state index is 7.08. The summed E-state index contributed by atoms with van der Waals surface area (Å²) in [6.07, 6.45) is 2.46. The van der Waals surface area contributed by atoms with E-state index < -0.39 is 18.2 Å². The average molecular weight is 506 g/mol. The Bertz CT molecular complexity index is 1570. The van der Waals surface area contributed by atoms with Crippen molar-refractivity contribution in [1.82, 2.24) is 0 Å². The van der Waals surface area contributed by atoms with Gasteiger partial charge >= 0.3 is 8.16 Å². The number of rotatable bonds is 6. The molecule has 0 aliphatic carbocycles. The summed E-state index contributed by atoms with van der Waals surface area (Å²) < 4.78 is 16.3. The molecule has 184 valence electrons. The van der Waals surface area contributed by atoms with Crippen LogP contribution in [0.1, 0.15) is 34.6 Å². The van der Waals surface area contributed by atoms with E-state index >= 15 is 0 Å². The summed E-state index contributed by atoms with van der Waals surface area (Å²) in [5.74, 6) is 2.25. The largest absolute Gasteiger partial charge is 0.408 e. The Labute approximate surface area is 211 Å². The van der Waals surface area contributed by atoms with Crippen molar-refractivity contribution in [2.45, 2.75) is 45.6 Å². The van der Waals surface area contributed by atoms with Crippen molar-refractivity contribution in [2.75, 3.05) is 29.0 Å². The summed E-state index contributed by atoms with van der Waals surface area (Å²) in [4.78, 5) is 1.37. The summed E-state index contributed by atoms with van der Waals surface area (Å²) in [5, 5.41) is 7.29. The lowest BCUT2D eigenvalue weighted by atomic mass is 9.99. The fraction of sp³-hybridized carbons (Fsp3) is 0.333. The van der Waals surface area contributed by atoms with E-state index in [1.165, 1.54) is 31.8 Å². The first kappa shape index (κ1) is 24.3. The van der Waals surface area contributed by atoms with Crippen LogP contribution in [0.3, 0.4) is 0 Å². The Balaban J connectivity index is 2.15. The van der Waals surface area contributed by atoms with Gasteiger partial charge < -0.3 is 8.39 Å². The van der Waals surface area contributed by atoms with Gasteiger partial charge in [0.25, 0.3) is 0 Å². The predicted octanol–water partition coefficient (Wildman–Crippen LogP) is 9.80. The zero-order chi connectivity index (χ0) is 24.7. The molecule has 0 bridgehead atoms. The molecule has 5 heteroatoms. The van der Waals surface area contributed by atoms with Gasteiger partial charge in [0.15, 0.2) is 5.58 Å². The smallest absolute Gasteiger partial charge is 0.309 e. The van der Waals surface area contributed by atoms with Crippen LogP contribution in [0.15, 0.2) is 80.0 Å². The second-order valence-electron chi connectivity index (χ2n) is 9.58. The molecular formula is C30H36NO2PS. The molecule has 0 radical (unpaired) electrons. The maximum Gasteiger partial charge on any atom is 0.309 e. The Morgan fingerprint density at radius 2 is 1.43 bits per heavy atom. The highest BCUT2D eigenvalue weighted by molar-refractivity contribution is 8.33. The Morgan fingerprint density at radius 1 is 0.800 bits per heavy atom. The molecule has 0 N–H and O–H groups in total. The van der Waals surface area contributed by atoms with Gasteiger partial charge in [-0.05, 0) is 65.3 Å². The average Bonchev–Trinajstić information content (AvgIpc) is 3.05. The van der Waals surface area contributed by atoms with Crippen LogP contribution in [0.5, 0.6) is 0 Å². The van der Waals surface area contributed by atoms with Crippen LogP contribution in [0.2, 0.25) is 0 Å². The number of hydrogen-bond donors (Lipinski definition) is 0. The van der Waals surface area contributed by atoms with E-state index in [1.54, 1.807) is 0 Å². The first-order chi connectivity index (χ1) is 16.9. The monoisotopic (exact) mass is 505 g/mol. The normalized spacial score (nSPS) is 13.5. The minimum atomic E-state index is -1.31. The van der Waals surface area contributed by atoms with Crippen molar-refractivity contribution < 1.29 is 8.39 Å². The van der Waals surface area contributed by atoms with Gasteiger partial charge in [0.05, 0.1) is 0 Å². The van der Waals surface area contributed by atoms with Crippen molar-refractivity contribution in [2.24, 2.45) is 0 Å². The first-order valence-corrected chi connectivity index (χ1v) is 16.2. The molecule has 1 unspecified atom stereocenters. The Kier molecular flexibility index (Phi) is 6.65. The third-order valence-electron chi connectivity index (χ3n) is 7.39. The molecule has 0 saturated heterocycles. The molecule has 5 rings (SSSR count). The Hall–Kier alpha value is -2.39. The van der Waals surface area contributed by atoms with Crippen molar-refractivity contribution in [3.05, 3.63) is 66.7 Å². The highest BCUT2D eigenvalue weighted by Gasteiger charge is 2.25. The van der Waals surface area contributed by atoms with E-state index in [0.717, 1.165) is 34.6 Å². The Morgan fingerprint density at radius 3 is 2.06 bits per heavy atom. The third-order valence-corrected chi connectivity index (χ3v) is 13.2. The minimum Gasteiger partial charge on any atom is -0.408 e. The molecule has 35 heavy (non-hydrogen) atoms. The van der Waals surface area contributed by atoms with Gasteiger partial charge in [-0.2, -0.15) is 0 Å². The number of benzene rings is 4. The van der Waals surface area contributed by atoms with Crippen molar-refractivity contribution in [3.8, 4) is 0 Å². The molecule has 0 aliphatic heterocycles. The molecule has 1 atom stereocenters. The van der Waals surface area contributed by atoms with Crippen molar-refractivity contribution in [3.63, 3.8) is 0 Å². The van der Waals surface area contributed by atoms with Crippen LogP contribution in [-0.4, -0.2) is 30.3 Å². The second-order valence-corrected chi connectivity index (χ2v) is 15.1. The summed E-state index contributed by atoms with van der Waals surface area (Å²) in [7, 11) is -2.38. The van der Waals surface area contributed by atoms with Gasteiger partial charge in [-0.25, -0.2) is 14.7 Å². The van der Waals surface area contributed by atoms with Crippen LogP contribution in [0.4, 0.5) is 0 Å². The van der Waals surface area contributed by atoms with Gasteiger partial charge in [0.2, 0.25) is 0 Å². The molecule has 0 spiro atoms. The highest BCUT2D eigenvalue weighted by atomic mass is 32.3. The standard InChI is InChI=1S/C30H36NO2PS/c1-7-31(21(4)5)34-32-26-19-18-22-14-10-12-16-24(22)28(26)29-25-17-13-11-15-23(25)20-27(30(29)33-34)35(6,8-2)9-3/h10-21H,7-9H2,1-6H3.